The number of hydrogen-bond donors (Lipinski definition) is 1. The molecule has 0 radical (unpaired) electrons. The Morgan fingerprint density at radius 3 is 2.65 bits per heavy atom. The minimum Gasteiger partial charge on any atom is -0.299 e. The predicted octanol–water partition coefficient (Wildman–Crippen LogP) is 4.06. The van der Waals surface area contributed by atoms with Gasteiger partial charge in [-0.1, -0.05) is 42.5 Å². The molecule has 3 aromatic heterocycles. The molecule has 0 spiro atoms. The summed E-state index contributed by atoms with van der Waals surface area (Å²) in [5.41, 5.74) is 7.42. The van der Waals surface area contributed by atoms with E-state index in [9.17, 15) is 0 Å². The number of benzene rings is 2. The minimum absolute atomic E-state index is 0.893. The molecule has 1 N–H and O–H groups in total. The van der Waals surface area contributed by atoms with Crippen LogP contribution < -0.4 is 0 Å². The van der Waals surface area contributed by atoms with Crippen molar-refractivity contribution in [3.05, 3.63) is 72.1 Å². The van der Waals surface area contributed by atoms with E-state index in [4.69, 9.17) is 4.98 Å². The highest BCUT2D eigenvalue weighted by Crippen LogP contribution is 2.37. The Morgan fingerprint density at radius 2 is 1.73 bits per heavy atom. The highest BCUT2D eigenvalue weighted by molar-refractivity contribution is 6.09. The van der Waals surface area contributed by atoms with Crippen LogP contribution in [0.4, 0.5) is 0 Å². The van der Waals surface area contributed by atoms with Crippen LogP contribution >= 0.6 is 0 Å². The molecule has 0 unspecified atom stereocenters. The fraction of sp³-hybridized carbons (Fsp3) is 0.0952. The Hall–Kier alpha value is -3.47. The first-order valence-corrected chi connectivity index (χ1v) is 8.79. The molecule has 6 rings (SSSR count). The largest absolute Gasteiger partial charge is 0.299 e. The zero-order chi connectivity index (χ0) is 17.1. The first-order chi connectivity index (χ1) is 12.9. The van der Waals surface area contributed by atoms with Crippen molar-refractivity contribution in [3.63, 3.8) is 0 Å². The third-order valence-electron chi connectivity index (χ3n) is 5.22. The average molecular weight is 337 g/mol. The highest BCUT2D eigenvalue weighted by atomic mass is 15.3. The van der Waals surface area contributed by atoms with Crippen LogP contribution in [0.25, 0.3) is 38.9 Å². The van der Waals surface area contributed by atoms with E-state index < -0.39 is 0 Å². The molecule has 124 valence electrons. The molecule has 5 nitrogen and oxygen atoms in total. The Balaban J connectivity index is 1.69. The SMILES string of the molecule is c1ccc(-n2[nH]cc3c4nnc5c4c(nc32)CCc2ccccc2-5)cc1. The Morgan fingerprint density at radius 1 is 0.885 bits per heavy atom. The van der Waals surface area contributed by atoms with Gasteiger partial charge in [-0.2, -0.15) is 0 Å². The van der Waals surface area contributed by atoms with Crippen LogP contribution in [0.1, 0.15) is 11.3 Å². The summed E-state index contributed by atoms with van der Waals surface area (Å²) >= 11 is 0. The lowest BCUT2D eigenvalue weighted by Gasteiger charge is -2.06. The molecule has 26 heavy (non-hydrogen) atoms. The van der Waals surface area contributed by atoms with Gasteiger partial charge in [0.05, 0.1) is 22.2 Å². The molecule has 5 heteroatoms. The number of fused-ring (bicyclic) bond motifs is 4. The van der Waals surface area contributed by atoms with Gasteiger partial charge >= 0.3 is 0 Å². The van der Waals surface area contributed by atoms with Crippen molar-refractivity contribution in [3.8, 4) is 16.9 Å². The van der Waals surface area contributed by atoms with Gasteiger partial charge in [-0.15, -0.1) is 10.2 Å². The van der Waals surface area contributed by atoms with Crippen molar-refractivity contribution >= 4 is 21.9 Å². The van der Waals surface area contributed by atoms with Crippen molar-refractivity contribution < 1.29 is 0 Å². The van der Waals surface area contributed by atoms with Crippen LogP contribution in [0.2, 0.25) is 0 Å². The number of aromatic amines is 1. The second kappa shape index (κ2) is 5.02. The van der Waals surface area contributed by atoms with Gasteiger partial charge in [0.15, 0.2) is 5.65 Å². The lowest BCUT2D eigenvalue weighted by molar-refractivity contribution is 0.881. The molecule has 1 aliphatic carbocycles. The first-order valence-electron chi connectivity index (χ1n) is 8.79. The van der Waals surface area contributed by atoms with Gasteiger partial charge in [0.2, 0.25) is 0 Å². The molecule has 0 atom stereocenters. The summed E-state index contributed by atoms with van der Waals surface area (Å²) < 4.78 is 2.01. The van der Waals surface area contributed by atoms with Gasteiger partial charge < -0.3 is 0 Å². The molecular formula is C21H15N5. The summed E-state index contributed by atoms with van der Waals surface area (Å²) in [6, 6.07) is 18.7. The summed E-state index contributed by atoms with van der Waals surface area (Å²) in [6.45, 7) is 0. The van der Waals surface area contributed by atoms with Gasteiger partial charge in [-0.25, -0.2) is 9.67 Å². The quantitative estimate of drug-likeness (QED) is 0.502. The lowest BCUT2D eigenvalue weighted by Crippen LogP contribution is -2.00. The fourth-order valence-corrected chi connectivity index (χ4v) is 3.98. The van der Waals surface area contributed by atoms with E-state index in [-0.39, 0.29) is 0 Å². The smallest absolute Gasteiger partial charge is 0.163 e. The molecular weight excluding hydrogens is 322 g/mol. The molecule has 1 aliphatic rings. The van der Waals surface area contributed by atoms with E-state index in [2.05, 4.69) is 51.7 Å². The normalized spacial score (nSPS) is 13.1. The van der Waals surface area contributed by atoms with Crippen molar-refractivity contribution in [1.29, 1.82) is 0 Å². The maximum absolute atomic E-state index is 5.04. The van der Waals surface area contributed by atoms with Crippen molar-refractivity contribution in [2.75, 3.05) is 0 Å². The monoisotopic (exact) mass is 337 g/mol. The van der Waals surface area contributed by atoms with Crippen LogP contribution in [-0.4, -0.2) is 25.0 Å². The van der Waals surface area contributed by atoms with Gasteiger partial charge in [-0.05, 0) is 30.5 Å². The molecule has 0 saturated heterocycles. The molecule has 3 heterocycles. The van der Waals surface area contributed by atoms with E-state index in [1.54, 1.807) is 0 Å². The molecule has 0 aliphatic heterocycles. The van der Waals surface area contributed by atoms with E-state index in [1.807, 2.05) is 29.1 Å². The van der Waals surface area contributed by atoms with Crippen molar-refractivity contribution in [2.24, 2.45) is 0 Å². The van der Waals surface area contributed by atoms with Gasteiger partial charge in [0.25, 0.3) is 0 Å². The standard InChI is InChI=1S/C21H15N5/c1-2-7-14(8-3-1)26-21-16(12-22-26)20-18-17(23-21)11-10-13-6-4-5-9-15(13)19(18)24-25-20/h1-9,12,22H,10-11H2. The number of aromatic nitrogens is 5. The molecule has 5 aromatic rings. The number of para-hydroxylation sites is 1. The molecule has 0 fully saturated rings. The molecule has 2 aromatic carbocycles. The van der Waals surface area contributed by atoms with Gasteiger partial charge in [-0.3, -0.25) is 5.10 Å². The Kier molecular flexibility index (Phi) is 2.66. The molecule has 0 saturated carbocycles. The Bertz CT molecular complexity index is 1280. The third kappa shape index (κ3) is 1.77. The topological polar surface area (TPSA) is 59.4 Å². The number of H-pyrrole nitrogens is 1. The van der Waals surface area contributed by atoms with Crippen LogP contribution in [0, 0.1) is 0 Å². The predicted molar refractivity (Wildman–Crippen MR) is 101 cm³/mol. The second-order valence-corrected chi connectivity index (χ2v) is 6.67. The van der Waals surface area contributed by atoms with Crippen LogP contribution in [0.5, 0.6) is 0 Å². The summed E-state index contributed by atoms with van der Waals surface area (Å²) in [4.78, 5) is 5.04. The third-order valence-corrected chi connectivity index (χ3v) is 5.22. The maximum atomic E-state index is 5.04. The summed E-state index contributed by atoms with van der Waals surface area (Å²) in [5.74, 6) is 0. The maximum Gasteiger partial charge on any atom is 0.163 e. The van der Waals surface area contributed by atoms with E-state index >= 15 is 0 Å². The van der Waals surface area contributed by atoms with Crippen LogP contribution in [-0.2, 0) is 12.8 Å². The fourth-order valence-electron chi connectivity index (χ4n) is 3.98. The average Bonchev–Trinajstić information content (AvgIpc) is 3.27. The second-order valence-electron chi connectivity index (χ2n) is 6.67. The highest BCUT2D eigenvalue weighted by Gasteiger charge is 2.23. The molecule has 0 amide bonds. The van der Waals surface area contributed by atoms with Crippen LogP contribution in [0.15, 0.2) is 60.8 Å². The summed E-state index contributed by atoms with van der Waals surface area (Å²) in [7, 11) is 0. The first kappa shape index (κ1) is 13.8. The molecule has 0 bridgehead atoms. The van der Waals surface area contributed by atoms with Crippen molar-refractivity contribution in [2.45, 2.75) is 12.8 Å². The number of rotatable bonds is 1. The van der Waals surface area contributed by atoms with E-state index in [1.165, 1.54) is 11.1 Å². The van der Waals surface area contributed by atoms with Crippen LogP contribution in [0.3, 0.4) is 0 Å². The zero-order valence-corrected chi connectivity index (χ0v) is 14.0. The number of aryl methyl sites for hydroxylation is 2. The summed E-state index contributed by atoms with van der Waals surface area (Å²) in [5, 5.41) is 14.5. The van der Waals surface area contributed by atoms with Gasteiger partial charge in [0.1, 0.15) is 11.2 Å². The Labute approximate surface area is 149 Å². The summed E-state index contributed by atoms with van der Waals surface area (Å²) in [6.07, 6.45) is 3.84. The van der Waals surface area contributed by atoms with E-state index in [0.29, 0.717) is 0 Å². The number of nitrogens with one attached hydrogen (secondary N) is 1. The van der Waals surface area contributed by atoms with Gasteiger partial charge in [0, 0.05) is 11.8 Å². The number of hydrogen-bond acceptors (Lipinski definition) is 3. The minimum atomic E-state index is 0.893. The van der Waals surface area contributed by atoms with E-state index in [0.717, 1.165) is 51.9 Å². The number of nitrogens with zero attached hydrogens (tertiary/aromatic N) is 4. The van der Waals surface area contributed by atoms with Crippen molar-refractivity contribution in [1.82, 2.24) is 25.0 Å². The number of pyridine rings is 1. The zero-order valence-electron chi connectivity index (χ0n) is 14.0. The lowest BCUT2D eigenvalue weighted by atomic mass is 10.0.